The van der Waals surface area contributed by atoms with E-state index < -0.39 is 0 Å². The Bertz CT molecular complexity index is 1160. The van der Waals surface area contributed by atoms with Crippen LogP contribution in [0.5, 0.6) is 0 Å². The van der Waals surface area contributed by atoms with E-state index in [0.29, 0.717) is 12.2 Å². The van der Waals surface area contributed by atoms with Crippen molar-refractivity contribution < 1.29 is 9.52 Å². The third-order valence-corrected chi connectivity index (χ3v) is 6.02. The van der Waals surface area contributed by atoms with Gasteiger partial charge in [-0.2, -0.15) is 5.10 Å². The van der Waals surface area contributed by atoms with Gasteiger partial charge in [-0.3, -0.25) is 0 Å². The van der Waals surface area contributed by atoms with Crippen LogP contribution in [0.2, 0.25) is 0 Å². The molecular formula is C23H18N2O2S. The number of fused-ring (bicyclic) bond motifs is 3. The molecule has 4 nitrogen and oxygen atoms in total. The molecule has 0 saturated carbocycles. The fourth-order valence-electron chi connectivity index (χ4n) is 3.64. The second-order valence-electron chi connectivity index (χ2n) is 6.94. The maximum absolute atomic E-state index is 9.23. The van der Waals surface area contributed by atoms with Crippen molar-refractivity contribution in [1.29, 1.82) is 0 Å². The van der Waals surface area contributed by atoms with Crippen LogP contribution >= 0.6 is 11.8 Å². The highest BCUT2D eigenvalue weighted by atomic mass is 32.2. The minimum atomic E-state index is 0.139. The first kappa shape index (κ1) is 17.1. The normalized spacial score (nSPS) is 14.4. The van der Waals surface area contributed by atoms with E-state index in [9.17, 15) is 5.11 Å². The van der Waals surface area contributed by atoms with E-state index in [-0.39, 0.29) is 5.76 Å². The van der Waals surface area contributed by atoms with E-state index in [1.165, 1.54) is 34.0 Å². The molecular weight excluding hydrogens is 368 g/mol. The van der Waals surface area contributed by atoms with Gasteiger partial charge in [0.05, 0.1) is 11.5 Å². The van der Waals surface area contributed by atoms with Crippen LogP contribution in [0.15, 0.2) is 81.6 Å². The lowest BCUT2D eigenvalue weighted by Crippen LogP contribution is -2.01. The van der Waals surface area contributed by atoms with Gasteiger partial charge < -0.3 is 9.52 Å². The number of hydrogen-bond donors (Lipinski definition) is 1. The molecule has 1 aliphatic carbocycles. The maximum Gasteiger partial charge on any atom is 0.151 e. The van der Waals surface area contributed by atoms with E-state index in [1.807, 2.05) is 12.1 Å². The topological polar surface area (TPSA) is 58.1 Å². The average Bonchev–Trinajstić information content (AvgIpc) is 3.43. The first-order valence-electron chi connectivity index (χ1n) is 9.12. The first-order chi connectivity index (χ1) is 13.7. The molecule has 0 bridgehead atoms. The summed E-state index contributed by atoms with van der Waals surface area (Å²) in [6.07, 6.45) is 1.60. The zero-order valence-electron chi connectivity index (χ0n) is 15.2. The summed E-state index contributed by atoms with van der Waals surface area (Å²) in [5, 5.41) is 18.5. The Morgan fingerprint density at radius 2 is 1.79 bits per heavy atom. The molecule has 5 heteroatoms. The number of benzene rings is 2. The Kier molecular flexibility index (Phi) is 4.17. The van der Waals surface area contributed by atoms with Crippen molar-refractivity contribution in [3.8, 4) is 22.5 Å². The SMILES string of the molecule is C=C(O)CSC1=NN=C(c2ccc(-c3ccc4c(c3)-c3ccccc3C4)o2)C1. The Balaban J connectivity index is 1.37. The van der Waals surface area contributed by atoms with Crippen LogP contribution in [0.4, 0.5) is 0 Å². The van der Waals surface area contributed by atoms with Crippen LogP contribution in [-0.2, 0) is 6.42 Å². The lowest BCUT2D eigenvalue weighted by Gasteiger charge is -2.04. The summed E-state index contributed by atoms with van der Waals surface area (Å²) < 4.78 is 6.09. The monoisotopic (exact) mass is 386 g/mol. The van der Waals surface area contributed by atoms with E-state index >= 15 is 0 Å². The number of hydrogen-bond acceptors (Lipinski definition) is 5. The van der Waals surface area contributed by atoms with Gasteiger partial charge >= 0.3 is 0 Å². The summed E-state index contributed by atoms with van der Waals surface area (Å²) in [7, 11) is 0. The number of aliphatic hydroxyl groups excluding tert-OH is 1. The Labute approximate surface area is 167 Å². The maximum atomic E-state index is 9.23. The summed E-state index contributed by atoms with van der Waals surface area (Å²) in [5.74, 6) is 2.13. The van der Waals surface area contributed by atoms with Crippen LogP contribution in [-0.4, -0.2) is 21.6 Å². The second-order valence-corrected chi connectivity index (χ2v) is 7.99. The van der Waals surface area contributed by atoms with Crippen LogP contribution in [0.25, 0.3) is 22.5 Å². The molecule has 0 unspecified atom stereocenters. The highest BCUT2D eigenvalue weighted by Gasteiger charge is 2.21. The van der Waals surface area contributed by atoms with Crippen LogP contribution in [0, 0.1) is 0 Å². The molecule has 28 heavy (non-hydrogen) atoms. The zero-order valence-corrected chi connectivity index (χ0v) is 16.0. The van der Waals surface area contributed by atoms with Gasteiger partial charge in [-0.25, -0.2) is 0 Å². The molecule has 2 aliphatic rings. The van der Waals surface area contributed by atoms with Gasteiger partial charge in [-0.1, -0.05) is 43.0 Å². The van der Waals surface area contributed by atoms with E-state index in [0.717, 1.165) is 34.3 Å². The molecule has 0 fully saturated rings. The minimum absolute atomic E-state index is 0.139. The zero-order chi connectivity index (χ0) is 19.1. The molecule has 2 aromatic carbocycles. The Morgan fingerprint density at radius 3 is 2.68 bits per heavy atom. The van der Waals surface area contributed by atoms with Gasteiger partial charge in [0.25, 0.3) is 0 Å². The number of aliphatic hydroxyl groups is 1. The lowest BCUT2D eigenvalue weighted by atomic mass is 10.0. The predicted octanol–water partition coefficient (Wildman–Crippen LogP) is 5.83. The van der Waals surface area contributed by atoms with Crippen molar-refractivity contribution in [1.82, 2.24) is 0 Å². The van der Waals surface area contributed by atoms with Crippen LogP contribution in [0.1, 0.15) is 23.3 Å². The molecule has 138 valence electrons. The second kappa shape index (κ2) is 6.84. The summed E-state index contributed by atoms with van der Waals surface area (Å²) in [4.78, 5) is 0. The highest BCUT2D eigenvalue weighted by Crippen LogP contribution is 2.39. The number of thioether (sulfide) groups is 1. The van der Waals surface area contributed by atoms with Crippen molar-refractivity contribution >= 4 is 22.5 Å². The molecule has 1 N–H and O–H groups in total. The van der Waals surface area contributed by atoms with Gasteiger partial charge in [0.2, 0.25) is 0 Å². The molecule has 0 radical (unpaired) electrons. The molecule has 3 aromatic rings. The third-order valence-electron chi connectivity index (χ3n) is 4.98. The molecule has 1 aliphatic heterocycles. The highest BCUT2D eigenvalue weighted by molar-refractivity contribution is 8.14. The Hall–Kier alpha value is -3.05. The molecule has 2 heterocycles. The van der Waals surface area contributed by atoms with E-state index in [1.54, 1.807) is 0 Å². The van der Waals surface area contributed by atoms with E-state index in [4.69, 9.17) is 4.42 Å². The fourth-order valence-corrected chi connectivity index (χ4v) is 4.31. The molecule has 0 spiro atoms. The summed E-state index contributed by atoms with van der Waals surface area (Å²) in [6.45, 7) is 3.49. The smallest absolute Gasteiger partial charge is 0.151 e. The van der Waals surface area contributed by atoms with Crippen molar-refractivity contribution in [2.75, 3.05) is 5.75 Å². The summed E-state index contributed by atoms with van der Waals surface area (Å²) >= 11 is 1.44. The largest absolute Gasteiger partial charge is 0.512 e. The van der Waals surface area contributed by atoms with Crippen molar-refractivity contribution in [3.05, 3.63) is 83.8 Å². The standard InChI is InChI=1S/C23H18N2O2S/c1-14(26)13-28-23-12-20(24-25-23)22-9-8-21(27-22)17-7-6-16-10-15-4-2-3-5-18(15)19(16)11-17/h2-9,11,26H,1,10,12-13H2. The van der Waals surface area contributed by atoms with Gasteiger partial charge in [-0.15, -0.1) is 16.9 Å². The molecule has 0 amide bonds. The Morgan fingerprint density at radius 1 is 0.964 bits per heavy atom. The summed E-state index contributed by atoms with van der Waals surface area (Å²) in [6, 6.07) is 19.0. The van der Waals surface area contributed by atoms with Crippen LogP contribution < -0.4 is 0 Å². The number of furan rings is 1. The van der Waals surface area contributed by atoms with Crippen molar-refractivity contribution in [2.45, 2.75) is 12.8 Å². The van der Waals surface area contributed by atoms with Gasteiger partial charge in [0, 0.05) is 12.0 Å². The minimum Gasteiger partial charge on any atom is -0.512 e. The quantitative estimate of drug-likeness (QED) is 0.449. The number of nitrogens with zero attached hydrogens (tertiary/aromatic N) is 2. The molecule has 0 saturated heterocycles. The van der Waals surface area contributed by atoms with Crippen molar-refractivity contribution in [3.63, 3.8) is 0 Å². The van der Waals surface area contributed by atoms with Crippen molar-refractivity contribution in [2.24, 2.45) is 10.2 Å². The fraction of sp³-hybridized carbons (Fsp3) is 0.130. The third kappa shape index (κ3) is 3.08. The lowest BCUT2D eigenvalue weighted by molar-refractivity contribution is 0.420. The molecule has 0 atom stereocenters. The first-order valence-corrected chi connectivity index (χ1v) is 10.1. The average molecular weight is 386 g/mol. The van der Waals surface area contributed by atoms with Gasteiger partial charge in [0.15, 0.2) is 5.76 Å². The summed E-state index contributed by atoms with van der Waals surface area (Å²) in [5.41, 5.74) is 7.21. The van der Waals surface area contributed by atoms with Gasteiger partial charge in [-0.05, 0) is 46.9 Å². The van der Waals surface area contributed by atoms with Gasteiger partial charge in [0.1, 0.15) is 16.5 Å². The predicted molar refractivity (Wildman–Crippen MR) is 115 cm³/mol. The van der Waals surface area contributed by atoms with E-state index in [2.05, 4.69) is 59.2 Å². The van der Waals surface area contributed by atoms with Crippen LogP contribution in [0.3, 0.4) is 0 Å². The molecule has 5 rings (SSSR count). The molecule has 1 aromatic heterocycles. The number of rotatable bonds is 4.